The largest absolute Gasteiger partial charge is 0.398 e. The third-order valence-corrected chi connectivity index (χ3v) is 3.07. The first kappa shape index (κ1) is 8.36. The van der Waals surface area contributed by atoms with E-state index in [2.05, 4.69) is 6.07 Å². The number of halogens is 1. The van der Waals surface area contributed by atoms with Gasteiger partial charge in [-0.3, -0.25) is 0 Å². The van der Waals surface area contributed by atoms with Gasteiger partial charge >= 0.3 is 0 Å². The summed E-state index contributed by atoms with van der Waals surface area (Å²) in [4.78, 5) is 0. The van der Waals surface area contributed by atoms with Crippen molar-refractivity contribution in [3.8, 4) is 6.07 Å². The lowest BCUT2D eigenvalue weighted by molar-refractivity contribution is 1.51. The molecule has 0 aliphatic carbocycles. The Bertz CT molecular complexity index is 510. The molecule has 1 heterocycles. The molecule has 0 radical (unpaired) electrons. The number of nitrogen functional groups attached to an aromatic ring is 1. The highest BCUT2D eigenvalue weighted by atomic mass is 35.5. The molecule has 0 aliphatic heterocycles. The van der Waals surface area contributed by atoms with Crippen LogP contribution in [0, 0.1) is 11.3 Å². The standard InChI is InChI=1S/C9H5ClN2S/c10-7-3-8(12)5-1-2-13-9(5)6(7)4-11/h1-3H,12H2. The van der Waals surface area contributed by atoms with Crippen LogP contribution < -0.4 is 5.73 Å². The molecule has 0 bridgehead atoms. The zero-order valence-electron chi connectivity index (χ0n) is 6.54. The van der Waals surface area contributed by atoms with E-state index in [-0.39, 0.29) is 0 Å². The van der Waals surface area contributed by atoms with E-state index in [1.807, 2.05) is 11.4 Å². The topological polar surface area (TPSA) is 49.8 Å². The number of benzene rings is 1. The van der Waals surface area contributed by atoms with Gasteiger partial charge in [-0.15, -0.1) is 11.3 Å². The maximum Gasteiger partial charge on any atom is 0.102 e. The van der Waals surface area contributed by atoms with Crippen molar-refractivity contribution in [2.45, 2.75) is 0 Å². The van der Waals surface area contributed by atoms with Gasteiger partial charge in [-0.1, -0.05) is 11.6 Å². The molecule has 64 valence electrons. The predicted octanol–water partition coefficient (Wildman–Crippen LogP) is 3.01. The molecule has 4 heteroatoms. The quantitative estimate of drug-likeness (QED) is 0.677. The molecule has 0 aliphatic rings. The summed E-state index contributed by atoms with van der Waals surface area (Å²) in [6, 6.07) is 5.59. The molecule has 0 spiro atoms. The molecule has 0 amide bonds. The molecule has 0 saturated heterocycles. The summed E-state index contributed by atoms with van der Waals surface area (Å²) in [5, 5.41) is 12.1. The van der Waals surface area contributed by atoms with Crippen LogP contribution in [0.4, 0.5) is 5.69 Å². The van der Waals surface area contributed by atoms with Crippen LogP contribution in [0.2, 0.25) is 5.02 Å². The van der Waals surface area contributed by atoms with E-state index in [1.54, 1.807) is 6.07 Å². The van der Waals surface area contributed by atoms with Gasteiger partial charge < -0.3 is 5.73 Å². The lowest BCUT2D eigenvalue weighted by Crippen LogP contribution is -1.87. The van der Waals surface area contributed by atoms with E-state index in [4.69, 9.17) is 22.6 Å². The van der Waals surface area contributed by atoms with Gasteiger partial charge in [0.05, 0.1) is 15.3 Å². The Morgan fingerprint density at radius 2 is 2.31 bits per heavy atom. The minimum Gasteiger partial charge on any atom is -0.398 e. The molecule has 0 unspecified atom stereocenters. The van der Waals surface area contributed by atoms with Crippen LogP contribution in [-0.2, 0) is 0 Å². The van der Waals surface area contributed by atoms with Gasteiger partial charge in [0.15, 0.2) is 0 Å². The van der Waals surface area contributed by atoms with Gasteiger partial charge in [-0.05, 0) is 17.5 Å². The fraction of sp³-hybridized carbons (Fsp3) is 0. The van der Waals surface area contributed by atoms with Crippen molar-refractivity contribution in [2.75, 3.05) is 5.73 Å². The number of thiophene rings is 1. The summed E-state index contributed by atoms with van der Waals surface area (Å²) in [6.07, 6.45) is 0. The Balaban J connectivity index is 2.99. The second kappa shape index (κ2) is 2.91. The van der Waals surface area contributed by atoms with Gasteiger partial charge in [0.25, 0.3) is 0 Å². The normalized spacial score (nSPS) is 10.2. The second-order valence-electron chi connectivity index (χ2n) is 2.60. The third kappa shape index (κ3) is 1.15. The highest BCUT2D eigenvalue weighted by molar-refractivity contribution is 7.17. The van der Waals surface area contributed by atoms with Crippen LogP contribution in [0.1, 0.15) is 5.56 Å². The summed E-state index contributed by atoms with van der Waals surface area (Å²) < 4.78 is 0.868. The van der Waals surface area contributed by atoms with Crippen molar-refractivity contribution < 1.29 is 0 Å². The van der Waals surface area contributed by atoms with Crippen LogP contribution in [-0.4, -0.2) is 0 Å². The van der Waals surface area contributed by atoms with E-state index < -0.39 is 0 Å². The van der Waals surface area contributed by atoms with Gasteiger partial charge in [-0.2, -0.15) is 5.26 Å². The molecule has 2 rings (SSSR count). The summed E-state index contributed by atoms with van der Waals surface area (Å²) in [6.45, 7) is 0. The smallest absolute Gasteiger partial charge is 0.102 e. The van der Waals surface area contributed by atoms with Crippen LogP contribution in [0.5, 0.6) is 0 Å². The molecule has 2 N–H and O–H groups in total. The van der Waals surface area contributed by atoms with Crippen molar-refractivity contribution >= 4 is 38.7 Å². The summed E-state index contributed by atoms with van der Waals surface area (Å²) in [7, 11) is 0. The van der Waals surface area contributed by atoms with Gasteiger partial charge in [0.2, 0.25) is 0 Å². The molecule has 1 aromatic heterocycles. The van der Waals surface area contributed by atoms with Crippen LogP contribution in [0.3, 0.4) is 0 Å². The van der Waals surface area contributed by atoms with Crippen LogP contribution >= 0.6 is 22.9 Å². The van der Waals surface area contributed by atoms with Gasteiger partial charge in [-0.25, -0.2) is 0 Å². The number of rotatable bonds is 0. The lowest BCUT2D eigenvalue weighted by atomic mass is 10.1. The number of nitrogens with zero attached hydrogens (tertiary/aromatic N) is 1. The van der Waals surface area contributed by atoms with Crippen molar-refractivity contribution in [1.82, 2.24) is 0 Å². The van der Waals surface area contributed by atoms with Crippen molar-refractivity contribution in [2.24, 2.45) is 0 Å². The SMILES string of the molecule is N#Cc1c(Cl)cc(N)c2ccsc12. The van der Waals surface area contributed by atoms with Crippen molar-refractivity contribution in [3.63, 3.8) is 0 Å². The molecule has 2 aromatic rings. The van der Waals surface area contributed by atoms with Gasteiger partial charge in [0.1, 0.15) is 6.07 Å². The fourth-order valence-corrected chi connectivity index (χ4v) is 2.47. The number of nitrogens with two attached hydrogens (primary N) is 1. The van der Waals surface area contributed by atoms with E-state index in [0.29, 0.717) is 16.3 Å². The van der Waals surface area contributed by atoms with Crippen molar-refractivity contribution in [3.05, 3.63) is 28.1 Å². The molecule has 0 fully saturated rings. The zero-order valence-corrected chi connectivity index (χ0v) is 8.12. The summed E-state index contributed by atoms with van der Waals surface area (Å²) in [5.74, 6) is 0. The molecule has 2 nitrogen and oxygen atoms in total. The first-order valence-corrected chi connectivity index (χ1v) is 4.85. The highest BCUT2D eigenvalue weighted by Crippen LogP contribution is 2.34. The van der Waals surface area contributed by atoms with E-state index >= 15 is 0 Å². The predicted molar refractivity (Wildman–Crippen MR) is 56.0 cm³/mol. The van der Waals surface area contributed by atoms with Crippen LogP contribution in [0.25, 0.3) is 10.1 Å². The summed E-state index contributed by atoms with van der Waals surface area (Å²) in [5.41, 5.74) is 6.88. The maximum atomic E-state index is 8.86. The molecule has 13 heavy (non-hydrogen) atoms. The fourth-order valence-electron chi connectivity index (χ4n) is 1.23. The Kier molecular flexibility index (Phi) is 1.87. The number of nitriles is 1. The monoisotopic (exact) mass is 208 g/mol. The van der Waals surface area contributed by atoms with E-state index in [9.17, 15) is 0 Å². The first-order chi connectivity index (χ1) is 6.24. The van der Waals surface area contributed by atoms with E-state index in [1.165, 1.54) is 11.3 Å². The van der Waals surface area contributed by atoms with Crippen molar-refractivity contribution in [1.29, 1.82) is 5.26 Å². The molecular formula is C9H5ClN2S. The molecule has 0 saturated carbocycles. The zero-order chi connectivity index (χ0) is 9.42. The van der Waals surface area contributed by atoms with E-state index in [0.717, 1.165) is 10.1 Å². The first-order valence-electron chi connectivity index (χ1n) is 3.59. The number of anilines is 1. The Hall–Kier alpha value is -1.24. The van der Waals surface area contributed by atoms with Crippen LogP contribution in [0.15, 0.2) is 17.5 Å². The Labute approximate surface area is 84.2 Å². The number of fused-ring (bicyclic) bond motifs is 1. The third-order valence-electron chi connectivity index (χ3n) is 1.84. The Morgan fingerprint density at radius 3 is 3.00 bits per heavy atom. The average Bonchev–Trinajstić information content (AvgIpc) is 2.53. The Morgan fingerprint density at radius 1 is 1.54 bits per heavy atom. The molecule has 1 aromatic carbocycles. The van der Waals surface area contributed by atoms with Gasteiger partial charge in [0, 0.05) is 11.1 Å². The minimum absolute atomic E-state index is 0.426. The minimum atomic E-state index is 0.426. The maximum absolute atomic E-state index is 8.86. The average molecular weight is 209 g/mol. The second-order valence-corrected chi connectivity index (χ2v) is 3.92. The summed E-state index contributed by atoms with van der Waals surface area (Å²) >= 11 is 7.35. The lowest BCUT2D eigenvalue weighted by Gasteiger charge is -2.00. The number of hydrogen-bond acceptors (Lipinski definition) is 3. The molecular weight excluding hydrogens is 204 g/mol. The molecule has 0 atom stereocenters. The highest BCUT2D eigenvalue weighted by Gasteiger charge is 2.09. The number of hydrogen-bond donors (Lipinski definition) is 1.